The van der Waals surface area contributed by atoms with Crippen molar-refractivity contribution in [2.45, 2.75) is 32.7 Å². The number of rotatable bonds is 4. The van der Waals surface area contributed by atoms with E-state index in [0.29, 0.717) is 6.07 Å². The lowest BCUT2D eigenvalue weighted by Crippen LogP contribution is -2.48. The number of urea groups is 1. The van der Waals surface area contributed by atoms with Crippen LogP contribution < -0.4 is 16.0 Å². The minimum absolute atomic E-state index is 0.0166. The van der Waals surface area contributed by atoms with Crippen LogP contribution in [0, 0.1) is 11.6 Å². The van der Waals surface area contributed by atoms with Crippen molar-refractivity contribution in [3.8, 4) is 0 Å². The Kier molecular flexibility index (Phi) is 6.08. The van der Waals surface area contributed by atoms with Gasteiger partial charge in [-0.25, -0.2) is 13.6 Å². The zero-order chi connectivity index (χ0) is 17.7. The van der Waals surface area contributed by atoms with E-state index in [0.717, 1.165) is 38.5 Å². The molecule has 3 N–H and O–H groups in total. The second-order valence-corrected chi connectivity index (χ2v) is 5.82. The molecular formula is C16H22F2N4O2. The van der Waals surface area contributed by atoms with Gasteiger partial charge in [-0.1, -0.05) is 6.92 Å². The summed E-state index contributed by atoms with van der Waals surface area (Å²) in [6.07, 6.45) is 1.84. The summed E-state index contributed by atoms with van der Waals surface area (Å²) in [5, 5.41) is 7.41. The van der Waals surface area contributed by atoms with Gasteiger partial charge in [0.15, 0.2) is 0 Å². The predicted octanol–water partition coefficient (Wildman–Crippen LogP) is 2.53. The maximum atomic E-state index is 13.8. The number of benzene rings is 1. The first-order valence-corrected chi connectivity index (χ1v) is 7.95. The monoisotopic (exact) mass is 340 g/mol. The molecule has 1 saturated heterocycles. The van der Waals surface area contributed by atoms with Crippen molar-refractivity contribution in [2.75, 3.05) is 30.3 Å². The highest BCUT2D eigenvalue weighted by Crippen LogP contribution is 2.23. The second kappa shape index (κ2) is 8.05. The van der Waals surface area contributed by atoms with Gasteiger partial charge in [-0.3, -0.25) is 4.79 Å². The highest BCUT2D eigenvalue weighted by molar-refractivity contribution is 5.92. The first kappa shape index (κ1) is 18.1. The maximum Gasteiger partial charge on any atom is 0.319 e. The molecule has 1 unspecified atom stereocenters. The molecule has 0 radical (unpaired) electrons. The smallest absolute Gasteiger partial charge is 0.319 e. The first-order valence-electron chi connectivity index (χ1n) is 7.95. The van der Waals surface area contributed by atoms with Crippen LogP contribution in [0.2, 0.25) is 0 Å². The number of piperidine rings is 1. The third-order valence-corrected chi connectivity index (χ3v) is 3.90. The van der Waals surface area contributed by atoms with Crippen LogP contribution in [0.4, 0.5) is 25.0 Å². The molecule has 1 fully saturated rings. The minimum atomic E-state index is -0.907. The van der Waals surface area contributed by atoms with E-state index in [9.17, 15) is 18.4 Å². The molecule has 3 amide bonds. The van der Waals surface area contributed by atoms with Crippen LogP contribution in [0.25, 0.3) is 0 Å². The van der Waals surface area contributed by atoms with Gasteiger partial charge >= 0.3 is 6.03 Å². The molecule has 1 aliphatic heterocycles. The number of nitrogens with one attached hydrogen (secondary N) is 3. The van der Waals surface area contributed by atoms with E-state index in [2.05, 4.69) is 27.8 Å². The Morgan fingerprint density at radius 2 is 1.88 bits per heavy atom. The third kappa shape index (κ3) is 4.89. The maximum absolute atomic E-state index is 13.8. The lowest BCUT2D eigenvalue weighted by molar-refractivity contribution is -0.114. The SMILES string of the molecule is CCN1CCCC(NC(=O)Nc2cc(NC(C)=O)c(F)cc2F)C1. The van der Waals surface area contributed by atoms with E-state index in [1.807, 2.05) is 0 Å². The summed E-state index contributed by atoms with van der Waals surface area (Å²) in [4.78, 5) is 25.3. The van der Waals surface area contributed by atoms with E-state index in [4.69, 9.17) is 0 Å². The number of likely N-dealkylation sites (tertiary alicyclic amines) is 1. The summed E-state index contributed by atoms with van der Waals surface area (Å²) in [5.41, 5.74) is -0.380. The van der Waals surface area contributed by atoms with Crippen LogP contribution in [0.3, 0.4) is 0 Å². The van der Waals surface area contributed by atoms with Gasteiger partial charge in [0.1, 0.15) is 11.6 Å². The number of anilines is 2. The van der Waals surface area contributed by atoms with Gasteiger partial charge in [-0.2, -0.15) is 0 Å². The Hall–Kier alpha value is -2.22. The van der Waals surface area contributed by atoms with Crippen LogP contribution in [0.15, 0.2) is 12.1 Å². The zero-order valence-electron chi connectivity index (χ0n) is 13.8. The Labute approximate surface area is 139 Å². The third-order valence-electron chi connectivity index (χ3n) is 3.90. The number of halogens is 2. The molecule has 1 atom stereocenters. The van der Waals surface area contributed by atoms with Crippen LogP contribution in [0.5, 0.6) is 0 Å². The molecule has 8 heteroatoms. The Morgan fingerprint density at radius 1 is 1.21 bits per heavy atom. The van der Waals surface area contributed by atoms with Crippen molar-refractivity contribution < 1.29 is 18.4 Å². The van der Waals surface area contributed by atoms with Crippen molar-refractivity contribution in [1.29, 1.82) is 0 Å². The van der Waals surface area contributed by atoms with E-state index in [1.165, 1.54) is 6.92 Å². The molecule has 1 heterocycles. The van der Waals surface area contributed by atoms with Crippen LogP contribution in [-0.4, -0.2) is 42.5 Å². The summed E-state index contributed by atoms with van der Waals surface area (Å²) in [6.45, 7) is 5.92. The summed E-state index contributed by atoms with van der Waals surface area (Å²) in [6, 6.07) is 1.11. The average molecular weight is 340 g/mol. The summed E-state index contributed by atoms with van der Waals surface area (Å²) < 4.78 is 27.4. The van der Waals surface area contributed by atoms with Gasteiger partial charge in [0.25, 0.3) is 0 Å². The molecule has 1 aliphatic rings. The van der Waals surface area contributed by atoms with Crippen LogP contribution >= 0.6 is 0 Å². The lowest BCUT2D eigenvalue weighted by atomic mass is 10.1. The molecule has 132 valence electrons. The first-order chi connectivity index (χ1) is 11.4. The summed E-state index contributed by atoms with van der Waals surface area (Å²) >= 11 is 0. The van der Waals surface area contributed by atoms with Crippen molar-refractivity contribution in [3.05, 3.63) is 23.8 Å². The number of nitrogens with zero attached hydrogens (tertiary/aromatic N) is 1. The highest BCUT2D eigenvalue weighted by atomic mass is 19.1. The van der Waals surface area contributed by atoms with E-state index in [-0.39, 0.29) is 17.4 Å². The molecule has 2 rings (SSSR count). The second-order valence-electron chi connectivity index (χ2n) is 5.82. The summed E-state index contributed by atoms with van der Waals surface area (Å²) in [5.74, 6) is -2.30. The summed E-state index contributed by atoms with van der Waals surface area (Å²) in [7, 11) is 0. The van der Waals surface area contributed by atoms with Gasteiger partial charge in [0.05, 0.1) is 11.4 Å². The van der Waals surface area contributed by atoms with Crippen LogP contribution in [0.1, 0.15) is 26.7 Å². The number of hydrogen-bond donors (Lipinski definition) is 3. The van der Waals surface area contributed by atoms with Gasteiger partial charge in [-0.05, 0) is 32.0 Å². The fourth-order valence-electron chi connectivity index (χ4n) is 2.73. The quantitative estimate of drug-likeness (QED) is 0.789. The highest BCUT2D eigenvalue weighted by Gasteiger charge is 2.21. The van der Waals surface area contributed by atoms with E-state index < -0.39 is 23.6 Å². The van der Waals surface area contributed by atoms with Gasteiger partial charge in [0, 0.05) is 25.6 Å². The molecule has 24 heavy (non-hydrogen) atoms. The molecule has 0 bridgehead atoms. The molecule has 0 spiro atoms. The number of carbonyl (C=O) groups excluding carboxylic acids is 2. The van der Waals surface area contributed by atoms with Crippen LogP contribution in [-0.2, 0) is 4.79 Å². The Bertz CT molecular complexity index is 624. The number of carbonyl (C=O) groups is 2. The fourth-order valence-corrected chi connectivity index (χ4v) is 2.73. The Morgan fingerprint density at radius 3 is 2.50 bits per heavy atom. The molecule has 1 aromatic rings. The standard InChI is InChI=1S/C16H22F2N4O2/c1-3-22-6-4-5-11(9-22)20-16(24)21-15-8-14(19-10(2)23)12(17)7-13(15)18/h7-8,11H,3-6,9H2,1-2H3,(H,19,23)(H2,20,21,24). The minimum Gasteiger partial charge on any atom is -0.334 e. The average Bonchev–Trinajstić information content (AvgIpc) is 2.51. The predicted molar refractivity (Wildman–Crippen MR) is 88.0 cm³/mol. The van der Waals surface area contributed by atoms with Crippen molar-refractivity contribution in [1.82, 2.24) is 10.2 Å². The van der Waals surface area contributed by atoms with Gasteiger partial charge in [0.2, 0.25) is 5.91 Å². The lowest BCUT2D eigenvalue weighted by Gasteiger charge is -2.32. The molecule has 0 aliphatic carbocycles. The molecule has 6 nitrogen and oxygen atoms in total. The van der Waals surface area contributed by atoms with Crippen molar-refractivity contribution >= 4 is 23.3 Å². The zero-order valence-corrected chi connectivity index (χ0v) is 13.8. The van der Waals surface area contributed by atoms with Gasteiger partial charge < -0.3 is 20.9 Å². The molecule has 0 aromatic heterocycles. The topological polar surface area (TPSA) is 73.5 Å². The number of hydrogen-bond acceptors (Lipinski definition) is 3. The van der Waals surface area contributed by atoms with Gasteiger partial charge in [-0.15, -0.1) is 0 Å². The molecular weight excluding hydrogens is 318 g/mol. The number of amides is 3. The fraction of sp³-hybridized carbons (Fsp3) is 0.500. The van der Waals surface area contributed by atoms with E-state index in [1.54, 1.807) is 0 Å². The number of likely N-dealkylation sites (N-methyl/N-ethyl adjacent to an activating group) is 1. The molecule has 0 saturated carbocycles. The molecule has 1 aromatic carbocycles. The van der Waals surface area contributed by atoms with Crippen molar-refractivity contribution in [3.63, 3.8) is 0 Å². The Balaban J connectivity index is 2.01. The normalized spacial score (nSPS) is 18.1. The van der Waals surface area contributed by atoms with Crippen molar-refractivity contribution in [2.24, 2.45) is 0 Å². The van der Waals surface area contributed by atoms with E-state index >= 15 is 0 Å². The largest absolute Gasteiger partial charge is 0.334 e.